The molecule has 2 heterocycles. The Morgan fingerprint density at radius 2 is 2.04 bits per heavy atom. The third kappa shape index (κ3) is 3.46. The summed E-state index contributed by atoms with van der Waals surface area (Å²) in [5.74, 6) is 0.478. The van der Waals surface area contributed by atoms with Crippen molar-refractivity contribution in [3.63, 3.8) is 0 Å². The third-order valence-electron chi connectivity index (χ3n) is 4.06. The number of pyridine rings is 1. The van der Waals surface area contributed by atoms with Crippen LogP contribution >= 0.6 is 11.3 Å². The smallest absolute Gasteiger partial charge is 0.0832 e. The van der Waals surface area contributed by atoms with Gasteiger partial charge in [-0.15, -0.1) is 11.3 Å². The van der Waals surface area contributed by atoms with Gasteiger partial charge in [-0.05, 0) is 42.5 Å². The average molecular weight is 383 g/mol. The summed E-state index contributed by atoms with van der Waals surface area (Å²) in [7, 11) is 0.517. The summed E-state index contributed by atoms with van der Waals surface area (Å²) >= 11 is 1.62. The molecule has 0 radical (unpaired) electrons. The molecular weight excluding hydrogens is 366 g/mol. The van der Waals surface area contributed by atoms with Crippen LogP contribution in [-0.2, 0) is 15.5 Å². The van der Waals surface area contributed by atoms with Gasteiger partial charge in [0, 0.05) is 35.0 Å². The quantitative estimate of drug-likeness (QED) is 0.536. The number of rotatable bonds is 6. The number of hydrogen-bond donors (Lipinski definition) is 1. The molecule has 0 aliphatic carbocycles. The van der Waals surface area contributed by atoms with Crippen molar-refractivity contribution in [1.29, 1.82) is 0 Å². The maximum Gasteiger partial charge on any atom is 0.0832 e. The highest BCUT2D eigenvalue weighted by Gasteiger charge is 2.09. The predicted molar refractivity (Wildman–Crippen MR) is 108 cm³/mol. The number of hydrogen-bond acceptors (Lipinski definition) is 6. The molecule has 1 N–H and O–H groups in total. The van der Waals surface area contributed by atoms with Crippen LogP contribution in [0.15, 0.2) is 59.1 Å². The minimum absolute atomic E-state index is 0.469. The lowest BCUT2D eigenvalue weighted by molar-refractivity contribution is 0.218. The number of nitrogens with one attached hydrogen (secondary N) is 1. The summed E-state index contributed by atoms with van der Waals surface area (Å²) in [6.07, 6.45) is 1.77. The highest BCUT2D eigenvalue weighted by molar-refractivity contribution is 7.85. The Labute approximate surface area is 157 Å². The van der Waals surface area contributed by atoms with E-state index in [0.29, 0.717) is 12.4 Å². The van der Waals surface area contributed by atoms with Crippen molar-refractivity contribution in [2.45, 2.75) is 4.90 Å². The topological polar surface area (TPSA) is 64.1 Å². The lowest BCUT2D eigenvalue weighted by Crippen LogP contribution is -2.04. The molecular formula is C19H17N3O2S2. The first-order valence-corrected chi connectivity index (χ1v) is 10.3. The molecule has 0 bridgehead atoms. The molecule has 5 nitrogen and oxygen atoms in total. The molecule has 0 amide bonds. The molecule has 0 aliphatic heterocycles. The molecule has 4 rings (SSSR count). The maximum absolute atomic E-state index is 12.4. The van der Waals surface area contributed by atoms with E-state index in [-0.39, 0.29) is 0 Å². The molecule has 132 valence electrons. The molecule has 26 heavy (non-hydrogen) atoms. The van der Waals surface area contributed by atoms with Crippen LogP contribution in [0.1, 0.15) is 0 Å². The molecule has 0 saturated heterocycles. The standard InChI is InChI=1S/C19H17N3O2S2/c1-24-8-9-26(23)14-3-4-16-15(11-14)17(6-7-20-16)22-13-2-5-19-18(10-13)21-12-25-19/h2-7,10-12H,8-9H2,1H3,(H,20,22). The van der Waals surface area contributed by atoms with E-state index in [1.54, 1.807) is 24.6 Å². The maximum atomic E-state index is 12.4. The molecule has 7 heteroatoms. The van der Waals surface area contributed by atoms with Crippen molar-refractivity contribution in [3.05, 3.63) is 54.2 Å². The first-order valence-electron chi connectivity index (χ1n) is 8.11. The van der Waals surface area contributed by atoms with E-state index < -0.39 is 10.8 Å². The molecule has 0 fully saturated rings. The van der Waals surface area contributed by atoms with Crippen molar-refractivity contribution in [2.75, 3.05) is 24.8 Å². The van der Waals surface area contributed by atoms with Gasteiger partial charge in [0.05, 0.1) is 44.4 Å². The fourth-order valence-electron chi connectivity index (χ4n) is 2.74. The summed E-state index contributed by atoms with van der Waals surface area (Å²) in [6, 6.07) is 13.8. The van der Waals surface area contributed by atoms with Gasteiger partial charge in [0.2, 0.25) is 0 Å². The molecule has 2 aromatic carbocycles. The summed E-state index contributed by atoms with van der Waals surface area (Å²) in [4.78, 5) is 9.56. The summed E-state index contributed by atoms with van der Waals surface area (Å²) in [6.45, 7) is 0.469. The van der Waals surface area contributed by atoms with Gasteiger partial charge in [0.25, 0.3) is 0 Å². The van der Waals surface area contributed by atoms with Crippen LogP contribution in [0, 0.1) is 0 Å². The van der Waals surface area contributed by atoms with Gasteiger partial charge >= 0.3 is 0 Å². The molecule has 0 spiro atoms. The van der Waals surface area contributed by atoms with E-state index in [4.69, 9.17) is 4.74 Å². The zero-order valence-corrected chi connectivity index (χ0v) is 15.8. The number of ether oxygens (including phenoxy) is 1. The van der Waals surface area contributed by atoms with Crippen LogP contribution < -0.4 is 5.32 Å². The zero-order valence-electron chi connectivity index (χ0n) is 14.1. The summed E-state index contributed by atoms with van der Waals surface area (Å²) in [5, 5.41) is 4.38. The second-order valence-electron chi connectivity index (χ2n) is 5.74. The van der Waals surface area contributed by atoms with Gasteiger partial charge in [0.1, 0.15) is 0 Å². The largest absolute Gasteiger partial charge is 0.384 e. The summed E-state index contributed by atoms with van der Waals surface area (Å²) in [5.41, 5.74) is 5.56. The number of aromatic nitrogens is 2. The molecule has 1 unspecified atom stereocenters. The molecule has 0 saturated carbocycles. The average Bonchev–Trinajstić information content (AvgIpc) is 3.14. The SMILES string of the molecule is COCCS(=O)c1ccc2nccc(Nc3ccc4scnc4c3)c2c1. The van der Waals surface area contributed by atoms with E-state index in [1.807, 2.05) is 41.9 Å². The van der Waals surface area contributed by atoms with Gasteiger partial charge in [0.15, 0.2) is 0 Å². The van der Waals surface area contributed by atoms with Gasteiger partial charge in [-0.2, -0.15) is 0 Å². The fourth-order valence-corrected chi connectivity index (χ4v) is 4.43. The molecule has 4 aromatic rings. The number of fused-ring (bicyclic) bond motifs is 2. The van der Waals surface area contributed by atoms with Gasteiger partial charge in [-0.1, -0.05) is 0 Å². The van der Waals surface area contributed by atoms with E-state index in [0.717, 1.165) is 37.4 Å². The molecule has 1 atom stereocenters. The minimum atomic E-state index is -1.10. The van der Waals surface area contributed by atoms with Crippen molar-refractivity contribution in [2.24, 2.45) is 0 Å². The van der Waals surface area contributed by atoms with Crippen molar-refractivity contribution >= 4 is 54.6 Å². The normalized spacial score (nSPS) is 12.5. The number of anilines is 2. The van der Waals surface area contributed by atoms with Crippen LogP contribution in [0.25, 0.3) is 21.1 Å². The highest BCUT2D eigenvalue weighted by Crippen LogP contribution is 2.29. The Morgan fingerprint density at radius 1 is 1.12 bits per heavy atom. The lowest BCUT2D eigenvalue weighted by Gasteiger charge is -2.11. The second-order valence-corrected chi connectivity index (χ2v) is 8.20. The van der Waals surface area contributed by atoms with Crippen molar-refractivity contribution in [1.82, 2.24) is 9.97 Å². The Kier molecular flexibility index (Phi) is 4.92. The Balaban J connectivity index is 1.70. The number of methoxy groups -OCH3 is 1. The van der Waals surface area contributed by atoms with E-state index in [1.165, 1.54) is 0 Å². The van der Waals surface area contributed by atoms with Gasteiger partial charge in [-0.25, -0.2) is 4.98 Å². The fraction of sp³-hybridized carbons (Fsp3) is 0.158. The second kappa shape index (κ2) is 7.49. The predicted octanol–water partition coefficient (Wildman–Crippen LogP) is 4.34. The van der Waals surface area contributed by atoms with E-state index in [2.05, 4.69) is 21.4 Å². The van der Waals surface area contributed by atoms with E-state index >= 15 is 0 Å². The Hall–Kier alpha value is -2.35. The van der Waals surface area contributed by atoms with Crippen LogP contribution in [-0.4, -0.2) is 33.6 Å². The van der Waals surface area contributed by atoms with Gasteiger partial charge < -0.3 is 10.1 Å². The van der Waals surface area contributed by atoms with Gasteiger partial charge in [-0.3, -0.25) is 9.19 Å². The van der Waals surface area contributed by atoms with Crippen LogP contribution in [0.2, 0.25) is 0 Å². The molecule has 0 aliphatic rings. The lowest BCUT2D eigenvalue weighted by atomic mass is 10.2. The number of thiazole rings is 1. The summed E-state index contributed by atoms with van der Waals surface area (Å²) < 4.78 is 18.6. The number of benzene rings is 2. The van der Waals surface area contributed by atoms with E-state index in [9.17, 15) is 4.21 Å². The van der Waals surface area contributed by atoms with Crippen molar-refractivity contribution < 1.29 is 8.95 Å². The van der Waals surface area contributed by atoms with Crippen LogP contribution in [0.5, 0.6) is 0 Å². The monoisotopic (exact) mass is 383 g/mol. The first-order chi connectivity index (χ1) is 12.7. The van der Waals surface area contributed by atoms with Crippen LogP contribution in [0.4, 0.5) is 11.4 Å². The van der Waals surface area contributed by atoms with Crippen molar-refractivity contribution in [3.8, 4) is 0 Å². The third-order valence-corrected chi connectivity index (χ3v) is 6.19. The number of nitrogens with zero attached hydrogens (tertiary/aromatic N) is 2. The first kappa shape index (κ1) is 17.1. The van der Waals surface area contributed by atoms with Crippen LogP contribution in [0.3, 0.4) is 0 Å². The zero-order chi connectivity index (χ0) is 17.9. The Bertz CT molecular complexity index is 1090. The molecule has 2 aromatic heterocycles. The Morgan fingerprint density at radius 3 is 2.92 bits per heavy atom. The minimum Gasteiger partial charge on any atom is -0.384 e. The highest BCUT2D eigenvalue weighted by atomic mass is 32.2.